The normalized spacial score (nSPS) is 20.3. The van der Waals surface area contributed by atoms with Crippen LogP contribution in [0.1, 0.15) is 51.5 Å². The van der Waals surface area contributed by atoms with Crippen molar-refractivity contribution in [2.24, 2.45) is 16.8 Å². The van der Waals surface area contributed by atoms with Crippen LogP contribution in [0.5, 0.6) is 0 Å². The van der Waals surface area contributed by atoms with Crippen LogP contribution in [-0.2, 0) is 16.1 Å². The lowest BCUT2D eigenvalue weighted by atomic mass is 9.88. The number of aromatic nitrogens is 1. The summed E-state index contributed by atoms with van der Waals surface area (Å²) in [5.41, 5.74) is 7.55. The topological polar surface area (TPSA) is 91.9 Å². The molecule has 4 rings (SSSR count). The van der Waals surface area contributed by atoms with E-state index < -0.39 is 0 Å². The van der Waals surface area contributed by atoms with Gasteiger partial charge in [0.25, 0.3) is 0 Å². The molecule has 32 heavy (non-hydrogen) atoms. The van der Waals surface area contributed by atoms with Gasteiger partial charge in [-0.15, -0.1) is 0 Å². The van der Waals surface area contributed by atoms with Gasteiger partial charge in [0.2, 0.25) is 5.91 Å². The number of rotatable bonds is 5. The zero-order valence-electron chi connectivity index (χ0n) is 19.5. The third-order valence-electron chi connectivity index (χ3n) is 6.47. The highest BCUT2D eigenvalue weighted by atomic mass is 16.2. The van der Waals surface area contributed by atoms with Gasteiger partial charge in [0, 0.05) is 44.2 Å². The van der Waals surface area contributed by atoms with Crippen molar-refractivity contribution in [3.05, 3.63) is 36.0 Å². The molecule has 3 aliphatic heterocycles. The van der Waals surface area contributed by atoms with Gasteiger partial charge < -0.3 is 10.6 Å². The number of allylic oxidation sites excluding steroid dienone is 1. The molecule has 0 aromatic carbocycles. The van der Waals surface area contributed by atoms with E-state index in [9.17, 15) is 9.59 Å². The van der Waals surface area contributed by atoms with Gasteiger partial charge in [-0.2, -0.15) is 0 Å². The van der Waals surface area contributed by atoms with Crippen molar-refractivity contribution >= 4 is 23.2 Å². The number of nitrogen functional groups attached to an aromatic ring is 1. The van der Waals surface area contributed by atoms with Crippen LogP contribution in [0.3, 0.4) is 0 Å². The second-order valence-electron chi connectivity index (χ2n) is 8.56. The van der Waals surface area contributed by atoms with E-state index in [1.54, 1.807) is 6.20 Å². The van der Waals surface area contributed by atoms with Crippen LogP contribution >= 0.6 is 0 Å². The highest BCUT2D eigenvalue weighted by Crippen LogP contribution is 2.25. The third kappa shape index (κ3) is 6.25. The smallest absolute Gasteiger partial charge is 0.225 e. The molecule has 1 aromatic rings. The second-order valence-corrected chi connectivity index (χ2v) is 8.56. The van der Waals surface area contributed by atoms with Crippen molar-refractivity contribution in [3.8, 4) is 0 Å². The molecule has 0 bridgehead atoms. The van der Waals surface area contributed by atoms with E-state index >= 15 is 0 Å². The maximum Gasteiger partial charge on any atom is 0.225 e. The van der Waals surface area contributed by atoms with Crippen molar-refractivity contribution < 1.29 is 9.59 Å². The lowest BCUT2D eigenvalue weighted by Gasteiger charge is -2.37. The van der Waals surface area contributed by atoms with Crippen LogP contribution in [0.2, 0.25) is 0 Å². The molecule has 2 N–H and O–H groups in total. The van der Waals surface area contributed by atoms with Crippen LogP contribution < -0.4 is 5.73 Å². The van der Waals surface area contributed by atoms with Gasteiger partial charge in [-0.25, -0.2) is 4.98 Å². The Morgan fingerprint density at radius 1 is 1.06 bits per heavy atom. The number of pyridine rings is 1. The summed E-state index contributed by atoms with van der Waals surface area (Å²) in [5.74, 6) is 1.07. The zero-order valence-corrected chi connectivity index (χ0v) is 19.5. The fraction of sp³-hybridized carbons (Fsp3) is 0.600. The molecular weight excluding hydrogens is 402 g/mol. The number of Topliss-reactive ketones (excluding diaryl/α,β-unsaturated/α-hetero) is 1. The van der Waals surface area contributed by atoms with Crippen LogP contribution in [0.4, 0.5) is 5.82 Å². The Labute approximate surface area is 191 Å². The van der Waals surface area contributed by atoms with Crippen LogP contribution in [0, 0.1) is 11.8 Å². The summed E-state index contributed by atoms with van der Waals surface area (Å²) < 4.78 is 0. The zero-order chi connectivity index (χ0) is 22.9. The summed E-state index contributed by atoms with van der Waals surface area (Å²) in [6.45, 7) is 8.76. The first-order valence-corrected chi connectivity index (χ1v) is 12.1. The van der Waals surface area contributed by atoms with Gasteiger partial charge in [0.15, 0.2) is 5.78 Å². The minimum atomic E-state index is 0.00481. The van der Waals surface area contributed by atoms with E-state index in [1.807, 2.05) is 43.0 Å². The van der Waals surface area contributed by atoms with Crippen molar-refractivity contribution in [1.82, 2.24) is 14.8 Å². The van der Waals surface area contributed by atoms with E-state index in [4.69, 9.17) is 5.73 Å². The Bertz CT molecular complexity index is 834. The van der Waals surface area contributed by atoms with Crippen LogP contribution in [-0.4, -0.2) is 64.9 Å². The Kier molecular flexibility index (Phi) is 8.97. The number of dihydropyridines is 1. The molecule has 3 aliphatic rings. The maximum absolute atomic E-state index is 13.0. The number of anilines is 1. The van der Waals surface area contributed by atoms with Gasteiger partial charge >= 0.3 is 0 Å². The summed E-state index contributed by atoms with van der Waals surface area (Å²) in [6, 6.07) is 3.91. The van der Waals surface area contributed by atoms with Crippen molar-refractivity contribution in [1.29, 1.82) is 0 Å². The largest absolute Gasteiger partial charge is 0.384 e. The maximum atomic E-state index is 13.0. The third-order valence-corrected chi connectivity index (χ3v) is 6.47. The SMILES string of the molecule is CC.Nc1cc(CN2CCC(C(=O)N3CCC(C(=O)C4=NCCC=C4)CC3)CC2)ccn1. The lowest BCUT2D eigenvalue weighted by Crippen LogP contribution is -2.46. The first-order valence-electron chi connectivity index (χ1n) is 12.1. The number of piperidine rings is 2. The molecule has 0 aliphatic carbocycles. The molecule has 0 radical (unpaired) electrons. The van der Waals surface area contributed by atoms with Crippen molar-refractivity contribution in [3.63, 3.8) is 0 Å². The first kappa shape index (κ1) is 24.1. The predicted octanol–water partition coefficient (Wildman–Crippen LogP) is 3.11. The number of carbonyl (C=O) groups excluding carboxylic acids is 2. The Balaban J connectivity index is 0.00000141. The number of nitrogens with zero attached hydrogens (tertiary/aromatic N) is 4. The van der Waals surface area contributed by atoms with Crippen LogP contribution in [0.15, 0.2) is 35.5 Å². The minimum absolute atomic E-state index is 0.00481. The minimum Gasteiger partial charge on any atom is -0.384 e. The molecule has 174 valence electrons. The van der Waals surface area contributed by atoms with Crippen LogP contribution in [0.25, 0.3) is 0 Å². The molecule has 2 saturated heterocycles. The van der Waals surface area contributed by atoms with E-state index in [0.29, 0.717) is 31.2 Å². The molecular formula is C25H37N5O2. The fourth-order valence-electron chi connectivity index (χ4n) is 4.69. The van der Waals surface area contributed by atoms with Crippen molar-refractivity contribution in [2.75, 3.05) is 38.5 Å². The fourth-order valence-corrected chi connectivity index (χ4v) is 4.69. The van der Waals surface area contributed by atoms with Crippen molar-refractivity contribution in [2.45, 2.75) is 52.5 Å². The number of aliphatic imine (C=N–C) groups is 1. The van der Waals surface area contributed by atoms with Gasteiger partial charge in [-0.05, 0) is 69.0 Å². The lowest BCUT2D eigenvalue weighted by molar-refractivity contribution is -0.139. The van der Waals surface area contributed by atoms with Gasteiger partial charge in [0.1, 0.15) is 11.5 Å². The average molecular weight is 440 g/mol. The number of amides is 1. The summed E-state index contributed by atoms with van der Waals surface area (Å²) in [6.07, 6.45) is 9.82. The summed E-state index contributed by atoms with van der Waals surface area (Å²) >= 11 is 0. The molecule has 0 spiro atoms. The molecule has 0 saturated carbocycles. The second kappa shape index (κ2) is 11.9. The number of ketones is 1. The monoisotopic (exact) mass is 439 g/mol. The highest BCUT2D eigenvalue weighted by molar-refractivity contribution is 6.45. The molecule has 2 fully saturated rings. The molecule has 1 amide bonds. The Morgan fingerprint density at radius 2 is 1.75 bits per heavy atom. The predicted molar refractivity (Wildman–Crippen MR) is 128 cm³/mol. The summed E-state index contributed by atoms with van der Waals surface area (Å²) in [7, 11) is 0. The number of hydrogen-bond acceptors (Lipinski definition) is 6. The molecule has 1 aromatic heterocycles. The summed E-state index contributed by atoms with van der Waals surface area (Å²) in [4.78, 5) is 38.4. The standard InChI is InChI=1S/C23H31N5O2.C2H6/c24-21-15-17(4-10-26-21)16-27-11-5-19(6-12-27)23(30)28-13-7-18(8-14-28)22(29)20-3-1-2-9-25-20;1-2/h1,3-4,10,15,18-19H,2,5-9,11-14,16H2,(H2,24,26);1-2H3. The van der Waals surface area contributed by atoms with Gasteiger partial charge in [0.05, 0.1) is 0 Å². The molecule has 4 heterocycles. The number of likely N-dealkylation sites (tertiary alicyclic amines) is 2. The Morgan fingerprint density at radius 3 is 2.38 bits per heavy atom. The number of nitrogens with two attached hydrogens (primary N) is 1. The number of carbonyl (C=O) groups is 2. The Hall–Kier alpha value is -2.54. The van der Waals surface area contributed by atoms with E-state index in [-0.39, 0.29) is 23.5 Å². The highest BCUT2D eigenvalue weighted by Gasteiger charge is 2.33. The number of hydrogen-bond donors (Lipinski definition) is 1. The quantitative estimate of drug-likeness (QED) is 0.761. The van der Waals surface area contributed by atoms with E-state index in [0.717, 1.165) is 57.3 Å². The van der Waals surface area contributed by atoms with Gasteiger partial charge in [-0.3, -0.25) is 19.5 Å². The van der Waals surface area contributed by atoms with Gasteiger partial charge in [-0.1, -0.05) is 19.9 Å². The molecule has 7 heteroatoms. The molecule has 0 unspecified atom stereocenters. The van der Waals surface area contributed by atoms with E-state index in [1.165, 1.54) is 0 Å². The average Bonchev–Trinajstić information content (AvgIpc) is 2.85. The molecule has 7 nitrogen and oxygen atoms in total. The first-order chi connectivity index (χ1) is 15.6. The molecule has 0 atom stereocenters. The summed E-state index contributed by atoms with van der Waals surface area (Å²) in [5, 5.41) is 0. The van der Waals surface area contributed by atoms with E-state index in [2.05, 4.69) is 14.9 Å².